The summed E-state index contributed by atoms with van der Waals surface area (Å²) < 4.78 is 5.40. The van der Waals surface area contributed by atoms with Gasteiger partial charge in [-0.3, -0.25) is 0 Å². The van der Waals surface area contributed by atoms with Gasteiger partial charge >= 0.3 is 6.03 Å². The van der Waals surface area contributed by atoms with Crippen molar-refractivity contribution < 1.29 is 14.4 Å². The van der Waals surface area contributed by atoms with Crippen molar-refractivity contribution in [3.05, 3.63) is 36.2 Å². The van der Waals surface area contributed by atoms with Crippen LogP contribution >= 0.6 is 0 Å². The van der Waals surface area contributed by atoms with Crippen molar-refractivity contribution >= 4 is 35.3 Å². The zero-order valence-corrected chi connectivity index (χ0v) is 18.1. The molecule has 2 amide bonds. The molecule has 2 saturated heterocycles. The lowest BCUT2D eigenvalue weighted by Gasteiger charge is -2.35. The number of nitrogens with zero attached hydrogens (tertiary/aromatic N) is 6. The highest BCUT2D eigenvalue weighted by Gasteiger charge is 2.24. The van der Waals surface area contributed by atoms with E-state index in [4.69, 9.17) is 15.3 Å². The number of piperazine rings is 1. The molecule has 32 heavy (non-hydrogen) atoms. The van der Waals surface area contributed by atoms with Gasteiger partial charge in [0.05, 0.1) is 25.0 Å². The van der Waals surface area contributed by atoms with E-state index in [0.29, 0.717) is 43.4 Å². The van der Waals surface area contributed by atoms with Crippen LogP contribution in [0.1, 0.15) is 5.56 Å². The second kappa shape index (κ2) is 10.1. The van der Waals surface area contributed by atoms with E-state index < -0.39 is 0 Å². The van der Waals surface area contributed by atoms with Crippen molar-refractivity contribution in [3.63, 3.8) is 0 Å². The number of anilines is 4. The molecule has 0 atom stereocenters. The number of carbonyl (C=O) groups is 1. The van der Waals surface area contributed by atoms with Gasteiger partial charge in [0.1, 0.15) is 25.1 Å². The Hall–Kier alpha value is -3.60. The maximum Gasteiger partial charge on any atom is 0.321 e. The molecule has 2 aromatic rings. The van der Waals surface area contributed by atoms with Crippen LogP contribution in [-0.2, 0) is 9.57 Å². The van der Waals surface area contributed by atoms with Crippen LogP contribution in [0, 0.1) is 0 Å². The third kappa shape index (κ3) is 4.99. The van der Waals surface area contributed by atoms with Crippen LogP contribution in [-0.4, -0.2) is 86.7 Å². The van der Waals surface area contributed by atoms with Crippen LogP contribution in [0.5, 0.6) is 0 Å². The SMILES string of the molecule is CON=Cc1c(N)ncnc1N1CCN(C(=O)Nc2ccc(N3CCOCC3)cc2)CC1. The van der Waals surface area contributed by atoms with E-state index in [9.17, 15) is 4.79 Å². The van der Waals surface area contributed by atoms with Crippen molar-refractivity contribution in [1.29, 1.82) is 0 Å². The summed E-state index contributed by atoms with van der Waals surface area (Å²) in [5, 5.41) is 6.78. The van der Waals surface area contributed by atoms with Crippen LogP contribution in [0.2, 0.25) is 0 Å². The fraction of sp³-hybridized carbons (Fsp3) is 0.429. The Morgan fingerprint density at radius 2 is 1.81 bits per heavy atom. The molecule has 11 heteroatoms. The average Bonchev–Trinajstić information content (AvgIpc) is 2.84. The number of carbonyl (C=O) groups excluding carboxylic acids is 1. The van der Waals surface area contributed by atoms with Gasteiger partial charge in [0.25, 0.3) is 0 Å². The molecule has 1 aromatic carbocycles. The van der Waals surface area contributed by atoms with Crippen LogP contribution in [0.4, 0.5) is 27.8 Å². The fourth-order valence-corrected chi connectivity index (χ4v) is 3.78. The number of urea groups is 1. The molecular formula is C21H28N8O3. The first-order valence-corrected chi connectivity index (χ1v) is 10.6. The van der Waals surface area contributed by atoms with Crippen LogP contribution in [0.3, 0.4) is 0 Å². The molecule has 11 nitrogen and oxygen atoms in total. The van der Waals surface area contributed by atoms with Crippen LogP contribution < -0.4 is 20.9 Å². The van der Waals surface area contributed by atoms with Gasteiger partial charge in [-0.15, -0.1) is 0 Å². The second-order valence-corrected chi connectivity index (χ2v) is 7.46. The maximum absolute atomic E-state index is 12.7. The zero-order valence-electron chi connectivity index (χ0n) is 18.1. The number of aromatic nitrogens is 2. The summed E-state index contributed by atoms with van der Waals surface area (Å²) in [6, 6.07) is 7.81. The summed E-state index contributed by atoms with van der Waals surface area (Å²) in [6.07, 6.45) is 2.93. The van der Waals surface area contributed by atoms with E-state index in [1.165, 1.54) is 19.7 Å². The molecule has 3 heterocycles. The van der Waals surface area contributed by atoms with Crippen molar-refractivity contribution in [1.82, 2.24) is 14.9 Å². The van der Waals surface area contributed by atoms with E-state index in [2.05, 4.69) is 30.2 Å². The predicted molar refractivity (Wildman–Crippen MR) is 123 cm³/mol. The Kier molecular flexibility index (Phi) is 6.85. The smallest absolute Gasteiger partial charge is 0.321 e. The zero-order chi connectivity index (χ0) is 22.3. The molecule has 2 fully saturated rings. The van der Waals surface area contributed by atoms with Crippen LogP contribution in [0.15, 0.2) is 35.7 Å². The van der Waals surface area contributed by atoms with Crippen LogP contribution in [0.25, 0.3) is 0 Å². The third-order valence-corrected chi connectivity index (χ3v) is 5.54. The minimum absolute atomic E-state index is 0.118. The van der Waals surface area contributed by atoms with Crippen molar-refractivity contribution in [2.24, 2.45) is 5.16 Å². The quantitative estimate of drug-likeness (QED) is 0.526. The van der Waals surface area contributed by atoms with E-state index >= 15 is 0 Å². The lowest BCUT2D eigenvalue weighted by molar-refractivity contribution is 0.122. The van der Waals surface area contributed by atoms with Gasteiger partial charge in [0.15, 0.2) is 0 Å². The molecule has 2 aliphatic heterocycles. The number of hydrogen-bond acceptors (Lipinski definition) is 9. The summed E-state index contributed by atoms with van der Waals surface area (Å²) in [5.41, 5.74) is 8.49. The van der Waals surface area contributed by atoms with E-state index in [0.717, 1.165) is 37.7 Å². The fourth-order valence-electron chi connectivity index (χ4n) is 3.78. The Balaban J connectivity index is 1.33. The number of nitrogens with one attached hydrogen (secondary N) is 1. The molecule has 0 aliphatic carbocycles. The number of morpholine rings is 1. The summed E-state index contributed by atoms with van der Waals surface area (Å²) in [5.74, 6) is 1.01. The van der Waals surface area contributed by atoms with Crippen molar-refractivity contribution in [2.75, 3.05) is 80.4 Å². The molecule has 4 rings (SSSR count). The van der Waals surface area contributed by atoms with Gasteiger partial charge in [0, 0.05) is 50.6 Å². The molecule has 170 valence electrons. The van der Waals surface area contributed by atoms with Gasteiger partial charge in [-0.1, -0.05) is 5.16 Å². The second-order valence-electron chi connectivity index (χ2n) is 7.46. The van der Waals surface area contributed by atoms with E-state index in [-0.39, 0.29) is 6.03 Å². The first-order valence-electron chi connectivity index (χ1n) is 10.6. The Morgan fingerprint density at radius 1 is 1.09 bits per heavy atom. The number of nitrogen functional groups attached to an aromatic ring is 1. The summed E-state index contributed by atoms with van der Waals surface area (Å²) in [6.45, 7) is 5.60. The molecule has 0 unspecified atom stereocenters. The summed E-state index contributed by atoms with van der Waals surface area (Å²) in [7, 11) is 1.46. The molecular weight excluding hydrogens is 412 g/mol. The highest BCUT2D eigenvalue weighted by atomic mass is 16.6. The van der Waals surface area contributed by atoms with Gasteiger partial charge in [0.2, 0.25) is 0 Å². The summed E-state index contributed by atoms with van der Waals surface area (Å²) >= 11 is 0. The topological polar surface area (TPSA) is 121 Å². The number of benzene rings is 1. The largest absolute Gasteiger partial charge is 0.399 e. The van der Waals surface area contributed by atoms with Crippen molar-refractivity contribution in [3.8, 4) is 0 Å². The number of nitrogens with two attached hydrogens (primary N) is 1. The number of oxime groups is 1. The monoisotopic (exact) mass is 440 g/mol. The number of rotatable bonds is 5. The highest BCUT2D eigenvalue weighted by Crippen LogP contribution is 2.22. The van der Waals surface area contributed by atoms with E-state index in [1.54, 1.807) is 4.90 Å². The molecule has 0 radical (unpaired) electrons. The van der Waals surface area contributed by atoms with E-state index in [1.807, 2.05) is 24.3 Å². The first-order chi connectivity index (χ1) is 15.7. The minimum atomic E-state index is -0.118. The Morgan fingerprint density at radius 3 is 2.50 bits per heavy atom. The predicted octanol–water partition coefficient (Wildman–Crippen LogP) is 1.23. The number of ether oxygens (including phenoxy) is 1. The number of amides is 2. The standard InChI is InChI=1S/C21H28N8O3/c1-31-25-14-18-19(22)23-15-24-20(18)28-6-8-29(9-7-28)21(30)26-16-2-4-17(5-3-16)27-10-12-32-13-11-27/h2-5,14-15H,6-13H2,1H3,(H,26,30)(H2,22,23,24). The Bertz CT molecular complexity index is 939. The highest BCUT2D eigenvalue weighted by molar-refractivity contribution is 5.92. The molecule has 0 spiro atoms. The molecule has 2 aliphatic rings. The van der Waals surface area contributed by atoms with Gasteiger partial charge in [-0.25, -0.2) is 14.8 Å². The maximum atomic E-state index is 12.7. The minimum Gasteiger partial charge on any atom is -0.399 e. The third-order valence-electron chi connectivity index (χ3n) is 5.54. The molecule has 0 bridgehead atoms. The normalized spacial score (nSPS) is 17.0. The molecule has 0 saturated carbocycles. The number of hydrogen-bond donors (Lipinski definition) is 2. The lowest BCUT2D eigenvalue weighted by Crippen LogP contribution is -2.50. The van der Waals surface area contributed by atoms with Gasteiger partial charge in [-0.05, 0) is 24.3 Å². The average molecular weight is 441 g/mol. The molecule has 3 N–H and O–H groups in total. The van der Waals surface area contributed by atoms with Gasteiger partial charge < -0.3 is 35.3 Å². The van der Waals surface area contributed by atoms with Gasteiger partial charge in [-0.2, -0.15) is 0 Å². The van der Waals surface area contributed by atoms with Crippen molar-refractivity contribution in [2.45, 2.75) is 0 Å². The Labute approximate surface area is 186 Å². The first kappa shape index (κ1) is 21.6. The lowest BCUT2D eigenvalue weighted by atomic mass is 10.2. The molecule has 1 aromatic heterocycles. The summed E-state index contributed by atoms with van der Waals surface area (Å²) in [4.78, 5) is 32.0.